The summed E-state index contributed by atoms with van der Waals surface area (Å²) in [7, 11) is 1.66. The average molecular weight is 468 g/mol. The van der Waals surface area contributed by atoms with Crippen LogP contribution in [0.5, 0.6) is 11.5 Å². The molecule has 0 saturated heterocycles. The molecule has 0 aliphatic carbocycles. The normalized spacial score (nSPS) is 10.9. The van der Waals surface area contributed by atoms with Crippen LogP contribution in [-0.2, 0) is 0 Å². The molecule has 1 heterocycles. The minimum absolute atomic E-state index is 0.567. The van der Waals surface area contributed by atoms with Crippen LogP contribution in [0.25, 0.3) is 34.2 Å². The minimum atomic E-state index is 0.567. The lowest BCUT2D eigenvalue weighted by Gasteiger charge is -2.13. The monoisotopic (exact) mass is 467 g/mol. The summed E-state index contributed by atoms with van der Waals surface area (Å²) in [5.41, 5.74) is 5.06. The second-order valence-corrected chi connectivity index (χ2v) is 8.81. The Balaban J connectivity index is 1.72. The van der Waals surface area contributed by atoms with E-state index in [4.69, 9.17) is 24.4 Å². The zero-order chi connectivity index (χ0) is 24.6. The maximum absolute atomic E-state index is 5.96. The molecular formula is C30H33N3O2. The van der Waals surface area contributed by atoms with E-state index < -0.39 is 0 Å². The molecule has 0 atom stereocenters. The van der Waals surface area contributed by atoms with Crippen LogP contribution in [0.1, 0.15) is 43.7 Å². The predicted octanol–water partition coefficient (Wildman–Crippen LogP) is 7.46. The first-order valence-electron chi connectivity index (χ1n) is 12.3. The van der Waals surface area contributed by atoms with E-state index in [1.54, 1.807) is 7.11 Å². The molecule has 0 aliphatic heterocycles. The molecule has 0 unspecified atom stereocenters. The van der Waals surface area contributed by atoms with Crippen molar-refractivity contribution in [1.82, 2.24) is 15.0 Å². The fourth-order valence-electron chi connectivity index (χ4n) is 3.82. The Kier molecular flexibility index (Phi) is 8.09. The number of aryl methyl sites for hydroxylation is 2. The van der Waals surface area contributed by atoms with Gasteiger partial charge < -0.3 is 9.47 Å². The zero-order valence-corrected chi connectivity index (χ0v) is 21.0. The zero-order valence-electron chi connectivity index (χ0n) is 21.0. The molecule has 35 heavy (non-hydrogen) atoms. The SMILES string of the molecule is CCCCCCOc1ccc(-c2nc(-c3ccc(C)cc3)nc(-c3ccc(C)cc3)n2)c(OC)c1. The van der Waals surface area contributed by atoms with Crippen molar-refractivity contribution in [2.24, 2.45) is 0 Å². The van der Waals surface area contributed by atoms with Crippen molar-refractivity contribution < 1.29 is 9.47 Å². The van der Waals surface area contributed by atoms with Crippen LogP contribution in [-0.4, -0.2) is 28.7 Å². The third kappa shape index (κ3) is 6.24. The Morgan fingerprint density at radius 1 is 0.657 bits per heavy atom. The van der Waals surface area contributed by atoms with E-state index in [1.165, 1.54) is 30.4 Å². The van der Waals surface area contributed by atoms with Gasteiger partial charge in [-0.05, 0) is 32.4 Å². The summed E-state index contributed by atoms with van der Waals surface area (Å²) in [5, 5.41) is 0. The van der Waals surface area contributed by atoms with E-state index in [9.17, 15) is 0 Å². The smallest absolute Gasteiger partial charge is 0.167 e. The van der Waals surface area contributed by atoms with Crippen LogP contribution >= 0.6 is 0 Å². The van der Waals surface area contributed by atoms with E-state index in [1.807, 2.05) is 42.5 Å². The molecule has 0 amide bonds. The van der Waals surface area contributed by atoms with Crippen molar-refractivity contribution in [2.45, 2.75) is 46.5 Å². The van der Waals surface area contributed by atoms with Crippen molar-refractivity contribution in [3.8, 4) is 45.7 Å². The number of ether oxygens (including phenoxy) is 2. The second-order valence-electron chi connectivity index (χ2n) is 8.81. The number of nitrogens with zero attached hydrogens (tertiary/aromatic N) is 3. The van der Waals surface area contributed by atoms with Gasteiger partial charge in [0, 0.05) is 17.2 Å². The van der Waals surface area contributed by atoms with Gasteiger partial charge in [0.2, 0.25) is 0 Å². The lowest BCUT2D eigenvalue weighted by atomic mass is 10.1. The van der Waals surface area contributed by atoms with Crippen LogP contribution in [0.3, 0.4) is 0 Å². The maximum Gasteiger partial charge on any atom is 0.167 e. The number of rotatable bonds is 10. The van der Waals surface area contributed by atoms with Crippen LogP contribution in [0, 0.1) is 13.8 Å². The number of methoxy groups -OCH3 is 1. The van der Waals surface area contributed by atoms with Crippen molar-refractivity contribution in [2.75, 3.05) is 13.7 Å². The first kappa shape index (κ1) is 24.4. The second kappa shape index (κ2) is 11.6. The third-order valence-corrected chi connectivity index (χ3v) is 5.94. The van der Waals surface area contributed by atoms with E-state index >= 15 is 0 Å². The summed E-state index contributed by atoms with van der Waals surface area (Å²) in [6.07, 6.45) is 4.67. The molecule has 0 bridgehead atoms. The minimum Gasteiger partial charge on any atom is -0.496 e. The van der Waals surface area contributed by atoms with Gasteiger partial charge in [0.05, 0.1) is 19.3 Å². The van der Waals surface area contributed by atoms with E-state index in [0.717, 1.165) is 28.9 Å². The van der Waals surface area contributed by atoms with Gasteiger partial charge in [-0.3, -0.25) is 0 Å². The summed E-state index contributed by atoms with van der Waals surface area (Å²) >= 11 is 0. The van der Waals surface area contributed by atoms with Gasteiger partial charge in [0.15, 0.2) is 17.5 Å². The molecule has 4 rings (SSSR count). The van der Waals surface area contributed by atoms with E-state index in [0.29, 0.717) is 29.8 Å². The van der Waals surface area contributed by atoms with Crippen molar-refractivity contribution >= 4 is 0 Å². The summed E-state index contributed by atoms with van der Waals surface area (Å²) < 4.78 is 11.7. The fraction of sp³-hybridized carbons (Fsp3) is 0.300. The highest BCUT2D eigenvalue weighted by Crippen LogP contribution is 2.33. The van der Waals surface area contributed by atoms with Crippen LogP contribution in [0.15, 0.2) is 66.7 Å². The molecule has 0 fully saturated rings. The van der Waals surface area contributed by atoms with Crippen molar-refractivity contribution in [3.63, 3.8) is 0 Å². The van der Waals surface area contributed by atoms with Crippen molar-refractivity contribution in [3.05, 3.63) is 77.9 Å². The highest BCUT2D eigenvalue weighted by atomic mass is 16.5. The molecule has 3 aromatic carbocycles. The standard InChI is InChI=1S/C30H33N3O2/c1-5-6-7-8-19-35-25-17-18-26(27(20-25)34-4)30-32-28(23-13-9-21(2)10-14-23)31-29(33-30)24-15-11-22(3)12-16-24/h9-18,20H,5-8,19H2,1-4H3. The molecule has 0 N–H and O–H groups in total. The fourth-order valence-corrected chi connectivity index (χ4v) is 3.82. The van der Waals surface area contributed by atoms with Crippen LogP contribution < -0.4 is 9.47 Å². The van der Waals surface area contributed by atoms with Gasteiger partial charge in [-0.25, -0.2) is 15.0 Å². The Morgan fingerprint density at radius 2 is 1.23 bits per heavy atom. The molecule has 5 nitrogen and oxygen atoms in total. The lowest BCUT2D eigenvalue weighted by molar-refractivity contribution is 0.303. The molecular weight excluding hydrogens is 434 g/mol. The van der Waals surface area contributed by atoms with Gasteiger partial charge >= 0.3 is 0 Å². The largest absolute Gasteiger partial charge is 0.496 e. The maximum atomic E-state index is 5.96. The average Bonchev–Trinajstić information content (AvgIpc) is 2.89. The highest BCUT2D eigenvalue weighted by molar-refractivity contribution is 5.70. The molecule has 1 aromatic heterocycles. The third-order valence-electron chi connectivity index (χ3n) is 5.94. The molecule has 180 valence electrons. The van der Waals surface area contributed by atoms with Crippen LogP contribution in [0.4, 0.5) is 0 Å². The molecule has 0 saturated carbocycles. The van der Waals surface area contributed by atoms with Gasteiger partial charge in [-0.2, -0.15) is 0 Å². The number of benzene rings is 3. The summed E-state index contributed by atoms with van der Waals surface area (Å²) in [6.45, 7) is 7.04. The Labute approximate surface area is 208 Å². The number of unbranched alkanes of at least 4 members (excludes halogenated alkanes) is 3. The van der Waals surface area contributed by atoms with E-state index in [2.05, 4.69) is 45.0 Å². The predicted molar refractivity (Wildman–Crippen MR) is 142 cm³/mol. The topological polar surface area (TPSA) is 57.1 Å². The van der Waals surface area contributed by atoms with E-state index in [-0.39, 0.29) is 0 Å². The number of hydrogen-bond donors (Lipinski definition) is 0. The van der Waals surface area contributed by atoms with Crippen molar-refractivity contribution in [1.29, 1.82) is 0 Å². The first-order chi connectivity index (χ1) is 17.1. The van der Waals surface area contributed by atoms with Gasteiger partial charge in [-0.1, -0.05) is 85.8 Å². The van der Waals surface area contributed by atoms with Crippen LogP contribution in [0.2, 0.25) is 0 Å². The highest BCUT2D eigenvalue weighted by Gasteiger charge is 2.16. The molecule has 0 radical (unpaired) electrons. The summed E-state index contributed by atoms with van der Waals surface area (Å²) in [4.78, 5) is 14.5. The lowest BCUT2D eigenvalue weighted by Crippen LogP contribution is -2.02. The Bertz CT molecular complexity index is 1190. The summed E-state index contributed by atoms with van der Waals surface area (Å²) in [6, 6.07) is 22.3. The van der Waals surface area contributed by atoms with Gasteiger partial charge in [0.25, 0.3) is 0 Å². The quantitative estimate of drug-likeness (QED) is 0.227. The van der Waals surface area contributed by atoms with Gasteiger partial charge in [0.1, 0.15) is 11.5 Å². The molecule has 0 aliphatic rings. The Morgan fingerprint density at radius 3 is 1.77 bits per heavy atom. The first-order valence-corrected chi connectivity index (χ1v) is 12.3. The summed E-state index contributed by atoms with van der Waals surface area (Å²) in [5.74, 6) is 3.28. The molecule has 0 spiro atoms. The number of hydrogen-bond acceptors (Lipinski definition) is 5. The molecule has 4 aromatic rings. The Hall–Kier alpha value is -3.73. The number of aromatic nitrogens is 3. The molecule has 5 heteroatoms. The van der Waals surface area contributed by atoms with Gasteiger partial charge in [-0.15, -0.1) is 0 Å².